The average molecular weight is 496 g/mol. The molecule has 2 atom stereocenters. The molecule has 3 fully saturated rings. The van der Waals surface area contributed by atoms with E-state index in [4.69, 9.17) is 4.98 Å². The molecule has 4 N–H and O–H groups in total. The lowest BCUT2D eigenvalue weighted by Crippen LogP contribution is -2.46. The number of aromatic nitrogens is 1. The van der Waals surface area contributed by atoms with Crippen LogP contribution in [0.2, 0.25) is 0 Å². The number of rotatable bonds is 7. The number of aliphatic hydroxyl groups is 1. The summed E-state index contributed by atoms with van der Waals surface area (Å²) in [7, 11) is 0. The molecule has 3 aliphatic heterocycles. The predicted molar refractivity (Wildman–Crippen MR) is 136 cm³/mol. The van der Waals surface area contributed by atoms with Crippen LogP contribution >= 0.6 is 22.7 Å². The van der Waals surface area contributed by atoms with Gasteiger partial charge in [-0.3, -0.25) is 9.69 Å². The van der Waals surface area contributed by atoms with Gasteiger partial charge >= 0.3 is 0 Å². The third-order valence-electron chi connectivity index (χ3n) is 7.06. The number of thiophene rings is 1. The minimum atomic E-state index is -0.649. The SMILES string of the molecule is O=C(Nc1ccc(C(O)N2CC(c3ncc(-c4cccc(C5CNC5)c4)s3)C2)s1)[C@@H]1CCCN1. The van der Waals surface area contributed by atoms with Gasteiger partial charge in [0.1, 0.15) is 6.23 Å². The summed E-state index contributed by atoms with van der Waals surface area (Å²) in [5.41, 5.74) is 2.64. The molecule has 178 valence electrons. The second kappa shape index (κ2) is 9.49. The van der Waals surface area contributed by atoms with Gasteiger partial charge in [0.2, 0.25) is 5.91 Å². The van der Waals surface area contributed by atoms with E-state index in [2.05, 4.69) is 45.1 Å². The van der Waals surface area contributed by atoms with E-state index in [-0.39, 0.29) is 11.9 Å². The number of anilines is 1. The van der Waals surface area contributed by atoms with Crippen molar-refractivity contribution in [2.24, 2.45) is 0 Å². The smallest absolute Gasteiger partial charge is 0.242 e. The Morgan fingerprint density at radius 3 is 2.82 bits per heavy atom. The first kappa shape index (κ1) is 22.3. The summed E-state index contributed by atoms with van der Waals surface area (Å²) in [6.07, 6.45) is 3.26. The number of hydrogen-bond donors (Lipinski definition) is 4. The normalized spacial score (nSPS) is 22.3. The highest BCUT2D eigenvalue weighted by atomic mass is 32.1. The molecule has 1 aromatic carbocycles. The highest BCUT2D eigenvalue weighted by molar-refractivity contribution is 7.16. The van der Waals surface area contributed by atoms with Gasteiger partial charge in [0.25, 0.3) is 0 Å². The van der Waals surface area contributed by atoms with Crippen molar-refractivity contribution in [3.05, 3.63) is 58.0 Å². The molecule has 2 aromatic heterocycles. The molecule has 1 amide bonds. The van der Waals surface area contributed by atoms with E-state index in [9.17, 15) is 9.90 Å². The van der Waals surface area contributed by atoms with Gasteiger partial charge in [-0.05, 0) is 48.7 Å². The van der Waals surface area contributed by atoms with Crippen LogP contribution in [0.15, 0.2) is 42.6 Å². The van der Waals surface area contributed by atoms with Crippen molar-refractivity contribution in [1.29, 1.82) is 0 Å². The molecule has 0 radical (unpaired) electrons. The molecule has 1 unspecified atom stereocenters. The number of nitrogens with zero attached hydrogens (tertiary/aromatic N) is 2. The topological polar surface area (TPSA) is 89.5 Å². The Hall–Kier alpha value is -2.14. The van der Waals surface area contributed by atoms with Crippen LogP contribution in [0.3, 0.4) is 0 Å². The van der Waals surface area contributed by atoms with Gasteiger partial charge in [0, 0.05) is 44.2 Å². The van der Waals surface area contributed by atoms with Gasteiger partial charge in [0.15, 0.2) is 0 Å². The van der Waals surface area contributed by atoms with Crippen molar-refractivity contribution in [1.82, 2.24) is 20.5 Å². The predicted octanol–water partition coefficient (Wildman–Crippen LogP) is 3.34. The summed E-state index contributed by atoms with van der Waals surface area (Å²) in [6, 6.07) is 12.5. The van der Waals surface area contributed by atoms with Crippen molar-refractivity contribution < 1.29 is 9.90 Å². The van der Waals surface area contributed by atoms with Gasteiger partial charge in [-0.2, -0.15) is 0 Å². The molecule has 3 saturated heterocycles. The van der Waals surface area contributed by atoms with Crippen LogP contribution < -0.4 is 16.0 Å². The lowest BCUT2D eigenvalue weighted by Gasteiger charge is -2.40. The van der Waals surface area contributed by atoms with Crippen LogP contribution in [0, 0.1) is 0 Å². The third kappa shape index (κ3) is 4.44. The Morgan fingerprint density at radius 1 is 1.18 bits per heavy atom. The molecule has 7 nitrogen and oxygen atoms in total. The lowest BCUT2D eigenvalue weighted by atomic mass is 9.92. The fourth-order valence-corrected chi connectivity index (χ4v) is 6.73. The monoisotopic (exact) mass is 495 g/mol. The Labute approximate surface area is 207 Å². The molecule has 0 saturated carbocycles. The summed E-state index contributed by atoms with van der Waals surface area (Å²) < 4.78 is 0. The van der Waals surface area contributed by atoms with Gasteiger partial charge in [-0.15, -0.1) is 22.7 Å². The van der Waals surface area contributed by atoms with Gasteiger partial charge < -0.3 is 21.1 Å². The van der Waals surface area contributed by atoms with E-state index in [1.807, 2.05) is 18.3 Å². The molecule has 0 aliphatic carbocycles. The maximum atomic E-state index is 12.3. The third-order valence-corrected chi connectivity index (χ3v) is 9.31. The fraction of sp³-hybridized carbons (Fsp3) is 0.440. The summed E-state index contributed by atoms with van der Waals surface area (Å²) in [4.78, 5) is 21.2. The molecule has 6 rings (SSSR count). The molecule has 5 heterocycles. The lowest BCUT2D eigenvalue weighted by molar-refractivity contribution is -0.117. The van der Waals surface area contributed by atoms with Crippen molar-refractivity contribution in [2.45, 2.75) is 36.9 Å². The zero-order chi connectivity index (χ0) is 23.1. The molecule has 34 heavy (non-hydrogen) atoms. The van der Waals surface area contributed by atoms with Crippen LogP contribution in [0.1, 0.15) is 46.4 Å². The fourth-order valence-electron chi connectivity index (χ4n) is 4.80. The van der Waals surface area contributed by atoms with E-state index >= 15 is 0 Å². The first-order valence-electron chi connectivity index (χ1n) is 12.0. The first-order valence-corrected chi connectivity index (χ1v) is 13.6. The largest absolute Gasteiger partial charge is 0.373 e. The van der Waals surface area contributed by atoms with E-state index < -0.39 is 6.23 Å². The minimum Gasteiger partial charge on any atom is -0.373 e. The molecular weight excluding hydrogens is 466 g/mol. The number of likely N-dealkylation sites (tertiary alicyclic amines) is 1. The Kier molecular flexibility index (Phi) is 6.23. The van der Waals surface area contributed by atoms with E-state index in [1.54, 1.807) is 11.3 Å². The van der Waals surface area contributed by atoms with Crippen LogP contribution in [-0.4, -0.2) is 59.7 Å². The first-order chi connectivity index (χ1) is 16.6. The summed E-state index contributed by atoms with van der Waals surface area (Å²) in [5, 5.41) is 22.3. The van der Waals surface area contributed by atoms with Gasteiger partial charge in [-0.1, -0.05) is 18.2 Å². The zero-order valence-electron chi connectivity index (χ0n) is 18.9. The average Bonchev–Trinajstić information content (AvgIpc) is 3.53. The molecule has 0 spiro atoms. The van der Waals surface area contributed by atoms with E-state index in [0.29, 0.717) is 11.8 Å². The zero-order valence-corrected chi connectivity index (χ0v) is 20.5. The van der Waals surface area contributed by atoms with Gasteiger partial charge in [0.05, 0.1) is 25.8 Å². The van der Waals surface area contributed by atoms with Crippen molar-refractivity contribution in [3.8, 4) is 10.4 Å². The summed E-state index contributed by atoms with van der Waals surface area (Å²) >= 11 is 3.21. The van der Waals surface area contributed by atoms with Gasteiger partial charge in [-0.25, -0.2) is 4.98 Å². The minimum absolute atomic E-state index is 0.0128. The maximum Gasteiger partial charge on any atom is 0.242 e. The Bertz CT molecular complexity index is 1160. The van der Waals surface area contributed by atoms with E-state index in [0.717, 1.165) is 60.5 Å². The van der Waals surface area contributed by atoms with Crippen molar-refractivity contribution in [3.63, 3.8) is 0 Å². The summed E-state index contributed by atoms with van der Waals surface area (Å²) in [5.74, 6) is 0.985. The van der Waals surface area contributed by atoms with Crippen molar-refractivity contribution in [2.75, 3.05) is 38.0 Å². The van der Waals surface area contributed by atoms with Crippen LogP contribution in [0.5, 0.6) is 0 Å². The number of thiazole rings is 1. The number of hydrogen-bond acceptors (Lipinski definition) is 8. The van der Waals surface area contributed by atoms with Crippen LogP contribution in [0.4, 0.5) is 5.00 Å². The number of aliphatic hydroxyl groups excluding tert-OH is 1. The number of carbonyl (C=O) groups excluding carboxylic acids is 1. The Morgan fingerprint density at radius 2 is 2.06 bits per heavy atom. The maximum absolute atomic E-state index is 12.3. The highest BCUT2D eigenvalue weighted by Crippen LogP contribution is 2.39. The standard InChI is InChI=1S/C25H29N5O2S2/c31-23(19-5-2-8-27-19)29-22-7-6-20(33-22)25(32)30-13-18(14-30)24-28-12-21(34-24)16-4-1-3-15(9-16)17-10-26-11-17/h1,3-4,6-7,9,12,17-19,25-27,32H,2,5,8,10-11,13-14H2,(H,29,31)/t19-,25?/m0/s1. The second-order valence-electron chi connectivity index (χ2n) is 9.41. The summed E-state index contributed by atoms with van der Waals surface area (Å²) in [6.45, 7) is 4.59. The number of carbonyl (C=O) groups is 1. The molecule has 0 bridgehead atoms. The van der Waals surface area contributed by atoms with Crippen molar-refractivity contribution >= 4 is 33.6 Å². The van der Waals surface area contributed by atoms with E-state index in [1.165, 1.54) is 27.3 Å². The molecule has 3 aromatic rings. The number of benzene rings is 1. The molecular formula is C25H29N5O2S2. The quantitative estimate of drug-likeness (QED) is 0.402. The molecule has 9 heteroatoms. The molecule has 3 aliphatic rings. The van der Waals surface area contributed by atoms with Crippen LogP contribution in [0.25, 0.3) is 10.4 Å². The Balaban J connectivity index is 1.05. The second-order valence-corrected chi connectivity index (χ2v) is 11.6. The number of nitrogens with one attached hydrogen (secondary N) is 3. The highest BCUT2D eigenvalue weighted by Gasteiger charge is 2.35. The van der Waals surface area contributed by atoms with Crippen LogP contribution in [-0.2, 0) is 4.79 Å². The number of amides is 1.